The number of ketones is 1. The number of carbonyl (C=O) groups excluding carboxylic acids is 3. The zero-order chi connectivity index (χ0) is 39.2. The number of carboxylic acids is 1. The number of Topliss-reactive ketones (excluding diaryl/α,β-unsaturated/α-hetero) is 1. The highest BCUT2D eigenvalue weighted by Crippen LogP contribution is 2.29. The highest BCUT2D eigenvalue weighted by atomic mass is 16.4. The summed E-state index contributed by atoms with van der Waals surface area (Å²) >= 11 is 0. The van der Waals surface area contributed by atoms with Crippen LogP contribution in [0.25, 0.3) is 33.3 Å². The van der Waals surface area contributed by atoms with Crippen LogP contribution < -0.4 is 16.2 Å². The van der Waals surface area contributed by atoms with Gasteiger partial charge in [0.25, 0.3) is 5.56 Å². The molecular formula is C42H47N7O6. The van der Waals surface area contributed by atoms with E-state index in [1.807, 2.05) is 80.6 Å². The Morgan fingerprint density at radius 1 is 0.800 bits per heavy atom. The number of aliphatic carboxylic acids is 1. The minimum Gasteiger partial charge on any atom is -0.481 e. The summed E-state index contributed by atoms with van der Waals surface area (Å²) in [6.45, 7) is 5.89. The minimum atomic E-state index is -1.03. The number of nitrogens with zero attached hydrogens (tertiary/aromatic N) is 5. The van der Waals surface area contributed by atoms with Crippen molar-refractivity contribution in [3.63, 3.8) is 0 Å². The number of amides is 3. The van der Waals surface area contributed by atoms with Crippen LogP contribution in [0.1, 0.15) is 76.3 Å². The highest BCUT2D eigenvalue weighted by molar-refractivity contribution is 5.95. The molecule has 0 radical (unpaired) electrons. The number of benzene rings is 2. The third-order valence-electron chi connectivity index (χ3n) is 9.22. The minimum absolute atomic E-state index is 0.0323. The van der Waals surface area contributed by atoms with Gasteiger partial charge in [0, 0.05) is 80.7 Å². The van der Waals surface area contributed by atoms with E-state index in [1.165, 1.54) is 4.68 Å². The lowest BCUT2D eigenvalue weighted by atomic mass is 10.00. The van der Waals surface area contributed by atoms with E-state index in [4.69, 9.17) is 10.2 Å². The lowest BCUT2D eigenvalue weighted by Crippen LogP contribution is -2.30. The fraction of sp³-hybridized carbons (Fsp3) is 0.333. The molecule has 0 saturated carbocycles. The smallest absolute Gasteiger partial charge is 0.322 e. The number of fused-ring (bicyclic) bond motifs is 2. The van der Waals surface area contributed by atoms with E-state index < -0.39 is 5.97 Å². The quantitative estimate of drug-likeness (QED) is 0.0899. The van der Waals surface area contributed by atoms with Crippen molar-refractivity contribution >= 4 is 40.3 Å². The van der Waals surface area contributed by atoms with Crippen LogP contribution in [0.4, 0.5) is 10.5 Å². The molecule has 55 heavy (non-hydrogen) atoms. The molecule has 1 aliphatic rings. The molecule has 13 nitrogen and oxygen atoms in total. The molecule has 3 aromatic heterocycles. The van der Waals surface area contributed by atoms with Crippen molar-refractivity contribution in [1.29, 1.82) is 0 Å². The van der Waals surface area contributed by atoms with E-state index in [-0.39, 0.29) is 49.0 Å². The Hall–Kier alpha value is -6.24. The van der Waals surface area contributed by atoms with Gasteiger partial charge in [-0.25, -0.2) is 9.48 Å². The van der Waals surface area contributed by atoms with Gasteiger partial charge in [0.15, 0.2) is 0 Å². The topological polar surface area (TPSA) is 176 Å². The normalized spacial score (nSPS) is 11.7. The van der Waals surface area contributed by atoms with Gasteiger partial charge in [0.2, 0.25) is 5.91 Å². The van der Waals surface area contributed by atoms with Crippen LogP contribution in [-0.4, -0.2) is 60.0 Å². The average Bonchev–Trinajstić information content (AvgIpc) is 3.65. The maximum Gasteiger partial charge on any atom is 0.322 e. The van der Waals surface area contributed by atoms with E-state index in [1.54, 1.807) is 23.5 Å². The first-order chi connectivity index (χ1) is 26.7. The van der Waals surface area contributed by atoms with Gasteiger partial charge < -0.3 is 20.6 Å². The number of aromatic nitrogens is 4. The first-order valence-corrected chi connectivity index (χ1v) is 18.8. The molecule has 2 aromatic carbocycles. The third-order valence-corrected chi connectivity index (χ3v) is 9.22. The summed E-state index contributed by atoms with van der Waals surface area (Å²) in [6, 6.07) is 20.5. The van der Waals surface area contributed by atoms with Crippen LogP contribution in [0, 0.1) is 0 Å². The molecule has 6 rings (SSSR count). The Labute approximate surface area is 319 Å². The fourth-order valence-electron chi connectivity index (χ4n) is 6.34. The number of rotatable bonds is 16. The summed E-state index contributed by atoms with van der Waals surface area (Å²) in [5, 5.41) is 20.1. The maximum atomic E-state index is 13.9. The van der Waals surface area contributed by atoms with Gasteiger partial charge in [-0.3, -0.25) is 29.1 Å². The van der Waals surface area contributed by atoms with Gasteiger partial charge in [0.05, 0.1) is 23.2 Å². The Balaban J connectivity index is 0.00000285. The van der Waals surface area contributed by atoms with Crippen LogP contribution >= 0.6 is 0 Å². The molecule has 3 N–H and O–H groups in total. The lowest BCUT2D eigenvalue weighted by molar-refractivity contribution is -0.138. The van der Waals surface area contributed by atoms with Gasteiger partial charge in [-0.1, -0.05) is 57.0 Å². The predicted molar refractivity (Wildman–Crippen MR) is 211 cm³/mol. The number of carboxylic acid groups (broad SMARTS) is 1. The van der Waals surface area contributed by atoms with E-state index in [0.29, 0.717) is 49.5 Å². The highest BCUT2D eigenvalue weighted by Gasteiger charge is 2.23. The number of nitrogens with one attached hydrogen (secondary N) is 2. The summed E-state index contributed by atoms with van der Waals surface area (Å²) in [5.74, 6) is -1.50. The lowest BCUT2D eigenvalue weighted by Gasteiger charge is -2.17. The second-order valence-electron chi connectivity index (χ2n) is 13.1. The number of carbonyl (C=O) groups is 4. The van der Waals surface area contributed by atoms with Crippen LogP contribution in [0.15, 0.2) is 90.1 Å². The maximum absolute atomic E-state index is 13.9. The summed E-state index contributed by atoms with van der Waals surface area (Å²) in [5.41, 5.74) is 6.03. The molecule has 0 saturated heterocycles. The third kappa shape index (κ3) is 10.9. The van der Waals surface area contributed by atoms with Gasteiger partial charge in [0.1, 0.15) is 5.78 Å². The van der Waals surface area contributed by atoms with Crippen molar-refractivity contribution in [2.24, 2.45) is 0 Å². The molecule has 0 unspecified atom stereocenters. The molecule has 0 bridgehead atoms. The van der Waals surface area contributed by atoms with Crippen molar-refractivity contribution in [3.05, 3.63) is 107 Å². The van der Waals surface area contributed by atoms with Crippen LogP contribution in [-0.2, 0) is 34.0 Å². The Morgan fingerprint density at radius 3 is 2.35 bits per heavy atom. The molecule has 4 heterocycles. The second-order valence-corrected chi connectivity index (χ2v) is 13.1. The number of anilines is 1. The average molecular weight is 746 g/mol. The Bertz CT molecular complexity index is 2150. The Morgan fingerprint density at radius 2 is 1.56 bits per heavy atom. The summed E-state index contributed by atoms with van der Waals surface area (Å²) in [6.07, 6.45) is 8.09. The van der Waals surface area contributed by atoms with E-state index in [9.17, 15) is 24.0 Å². The predicted octanol–water partition coefficient (Wildman–Crippen LogP) is 6.99. The number of pyridine rings is 2. The van der Waals surface area contributed by atoms with E-state index >= 15 is 0 Å². The molecule has 0 atom stereocenters. The molecule has 0 spiro atoms. The summed E-state index contributed by atoms with van der Waals surface area (Å²) in [7, 11) is 0. The number of unbranched alkanes of at least 4 members (excludes halogenated alkanes) is 3. The second kappa shape index (κ2) is 19.7. The monoisotopic (exact) mass is 745 g/mol. The molecule has 13 heteroatoms. The number of aryl methyl sites for hydroxylation is 1. The van der Waals surface area contributed by atoms with Crippen LogP contribution in [0.3, 0.4) is 0 Å². The van der Waals surface area contributed by atoms with Crippen molar-refractivity contribution in [2.45, 2.75) is 84.8 Å². The first kappa shape index (κ1) is 40.0. The molecular weight excluding hydrogens is 699 g/mol. The Kier molecular flexibility index (Phi) is 14.3. The number of hydrogen-bond donors (Lipinski definition) is 3. The summed E-state index contributed by atoms with van der Waals surface area (Å²) in [4.78, 5) is 71.7. The zero-order valence-electron chi connectivity index (χ0n) is 31.3. The molecule has 0 fully saturated rings. The first-order valence-electron chi connectivity index (χ1n) is 18.8. The molecule has 5 aromatic rings. The number of hydrogen-bond acceptors (Lipinski definition) is 8. The standard InChI is InChI=1S/C40H41N7O6.C2H6/c48-31(15-17-38(50)51)14-16-37(49)43-19-3-1-2-4-22-47-39(52)34(32-7-5-9-35-33(32)8-6-20-42-35)23-36(45-47)27-10-12-30(13-11-27)44-40(53)46-25-28-18-21-41-24-29(28)26-46;1-2/h5-13,18,20-21,23-24H,1-4,14-17,19,22,25-26H2,(H,43,49)(H,44,53)(H,50,51);1-2H3. The molecule has 0 aliphatic carbocycles. The van der Waals surface area contributed by atoms with Gasteiger partial charge in [-0.05, 0) is 65.9 Å². The molecule has 286 valence electrons. The zero-order valence-corrected chi connectivity index (χ0v) is 31.3. The van der Waals surface area contributed by atoms with E-state index in [2.05, 4.69) is 20.6 Å². The van der Waals surface area contributed by atoms with Crippen LogP contribution in [0.2, 0.25) is 0 Å². The van der Waals surface area contributed by atoms with Crippen molar-refractivity contribution in [3.8, 4) is 22.4 Å². The van der Waals surface area contributed by atoms with Crippen LogP contribution in [0.5, 0.6) is 0 Å². The SMILES string of the molecule is CC.O=C(O)CCC(=O)CCC(=O)NCCCCCCn1nc(-c2ccc(NC(=O)N3Cc4ccncc4C3)cc2)cc(-c2cccc3ncccc23)c1=O. The summed E-state index contributed by atoms with van der Waals surface area (Å²) < 4.78 is 1.51. The molecule has 1 aliphatic heterocycles. The van der Waals surface area contributed by atoms with Gasteiger partial charge >= 0.3 is 12.0 Å². The van der Waals surface area contributed by atoms with Crippen molar-refractivity contribution < 1.29 is 24.3 Å². The van der Waals surface area contributed by atoms with Gasteiger partial charge in [-0.15, -0.1) is 0 Å². The molecule has 3 amide bonds. The number of urea groups is 1. The van der Waals surface area contributed by atoms with Crippen molar-refractivity contribution in [1.82, 2.24) is 30.0 Å². The fourth-order valence-corrected chi connectivity index (χ4v) is 6.34. The van der Waals surface area contributed by atoms with Gasteiger partial charge in [-0.2, -0.15) is 5.10 Å². The largest absolute Gasteiger partial charge is 0.481 e. The van der Waals surface area contributed by atoms with Crippen molar-refractivity contribution in [2.75, 3.05) is 11.9 Å². The van der Waals surface area contributed by atoms with E-state index in [0.717, 1.165) is 52.4 Å².